The second-order valence-corrected chi connectivity index (χ2v) is 7.72. The molecule has 1 aromatic heterocycles. The molecule has 0 aliphatic carbocycles. The Labute approximate surface area is 170 Å². The van der Waals surface area contributed by atoms with Gasteiger partial charge in [-0.1, -0.05) is 86.3 Å². The zero-order valence-corrected chi connectivity index (χ0v) is 16.8. The van der Waals surface area contributed by atoms with Crippen molar-refractivity contribution >= 4 is 11.8 Å². The normalized spacial score (nSPS) is 10.2. The highest BCUT2D eigenvalue weighted by Gasteiger charge is 2.10. The number of rotatable bonds is 7. The van der Waals surface area contributed by atoms with Crippen molar-refractivity contribution in [1.29, 1.82) is 0 Å². The molecule has 0 aliphatic heterocycles. The molecule has 0 N–H and O–H groups in total. The fourth-order valence-electron chi connectivity index (χ4n) is 2.29. The van der Waals surface area contributed by atoms with Crippen LogP contribution < -0.4 is 9.47 Å². The lowest BCUT2D eigenvalue weighted by molar-refractivity contribution is 0.244. The predicted molar refractivity (Wildman–Crippen MR) is 113 cm³/mol. The molecular weight excluding hydrogens is 368 g/mol. The van der Waals surface area contributed by atoms with Crippen molar-refractivity contribution in [3.8, 4) is 22.8 Å². The highest BCUT2D eigenvalue weighted by Crippen LogP contribution is 2.26. The van der Waals surface area contributed by atoms with Crippen LogP contribution in [-0.4, -0.2) is 15.4 Å². The van der Waals surface area contributed by atoms with Gasteiger partial charge in [-0.2, -0.15) is 0 Å². The summed E-state index contributed by atoms with van der Waals surface area (Å²) in [5, 5.41) is 11.8. The Morgan fingerprint density at radius 3 is 2.07 bits per heavy atom. The van der Waals surface area contributed by atoms with Crippen LogP contribution in [0.2, 0.25) is 0 Å². The van der Waals surface area contributed by atoms with Crippen LogP contribution in [0.5, 0.6) is 11.6 Å². The Morgan fingerprint density at radius 2 is 1.46 bits per heavy atom. The second-order valence-electron chi connectivity index (χ2n) is 6.34. The Kier molecular flexibility index (Phi) is 7.34. The molecule has 0 radical (unpaired) electrons. The van der Waals surface area contributed by atoms with Gasteiger partial charge in [0, 0.05) is 11.3 Å². The Morgan fingerprint density at radius 1 is 0.857 bits per heavy atom. The van der Waals surface area contributed by atoms with Crippen LogP contribution in [0.4, 0.5) is 0 Å². The van der Waals surface area contributed by atoms with Gasteiger partial charge in [-0.25, -0.2) is 0 Å². The van der Waals surface area contributed by atoms with E-state index >= 15 is 0 Å². The van der Waals surface area contributed by atoms with E-state index in [0.717, 1.165) is 11.1 Å². The van der Waals surface area contributed by atoms with Gasteiger partial charge in [-0.3, -0.25) is 0 Å². The van der Waals surface area contributed by atoms with Gasteiger partial charge in [0.1, 0.15) is 18.9 Å². The highest BCUT2D eigenvalue weighted by atomic mass is 32.2. The summed E-state index contributed by atoms with van der Waals surface area (Å²) in [4.78, 5) is 0. The van der Waals surface area contributed by atoms with Crippen molar-refractivity contribution in [2.45, 2.75) is 32.3 Å². The third kappa shape index (κ3) is 6.33. The summed E-state index contributed by atoms with van der Waals surface area (Å²) in [6.07, 6.45) is 0. The van der Waals surface area contributed by atoms with Crippen LogP contribution in [0.3, 0.4) is 0 Å². The maximum absolute atomic E-state index is 5.98. The van der Waals surface area contributed by atoms with E-state index < -0.39 is 0 Å². The van der Waals surface area contributed by atoms with Crippen molar-refractivity contribution in [2.24, 2.45) is 0 Å². The molecule has 0 unspecified atom stereocenters. The Hall–Kier alpha value is -2.97. The van der Waals surface area contributed by atoms with Crippen molar-refractivity contribution in [1.82, 2.24) is 10.2 Å². The van der Waals surface area contributed by atoms with Crippen LogP contribution in [0.15, 0.2) is 66.7 Å². The van der Waals surface area contributed by atoms with E-state index in [1.165, 1.54) is 0 Å². The van der Waals surface area contributed by atoms with E-state index in [0.29, 0.717) is 35.8 Å². The number of hydrogen-bond acceptors (Lipinski definition) is 5. The fourth-order valence-corrected chi connectivity index (χ4v) is 2.69. The number of thioether (sulfide) groups is 1. The maximum Gasteiger partial charge on any atom is 0.276 e. The Balaban J connectivity index is 1.76. The van der Waals surface area contributed by atoms with Crippen molar-refractivity contribution in [3.63, 3.8) is 0 Å². The van der Waals surface area contributed by atoms with E-state index in [4.69, 9.17) is 9.47 Å². The van der Waals surface area contributed by atoms with E-state index in [1.54, 1.807) is 17.8 Å². The molecule has 4 nitrogen and oxygen atoms in total. The molecule has 5 heteroatoms. The van der Waals surface area contributed by atoms with Gasteiger partial charge in [0.15, 0.2) is 5.75 Å². The quantitative estimate of drug-likeness (QED) is 0.526. The van der Waals surface area contributed by atoms with E-state index in [1.807, 2.05) is 60.7 Å². The van der Waals surface area contributed by atoms with Crippen LogP contribution >= 0.6 is 11.8 Å². The van der Waals surface area contributed by atoms with Gasteiger partial charge < -0.3 is 9.47 Å². The summed E-state index contributed by atoms with van der Waals surface area (Å²) < 4.78 is 11.8. The third-order valence-corrected chi connectivity index (χ3v) is 4.35. The molecule has 3 aromatic rings. The van der Waals surface area contributed by atoms with Gasteiger partial charge in [0.25, 0.3) is 5.88 Å². The minimum atomic E-state index is 0.363. The van der Waals surface area contributed by atoms with Crippen LogP contribution in [0, 0.1) is 11.2 Å². The molecule has 2 aromatic carbocycles. The largest absolute Gasteiger partial charge is 0.483 e. The van der Waals surface area contributed by atoms with E-state index in [-0.39, 0.29) is 0 Å². The maximum atomic E-state index is 5.98. The number of benzene rings is 2. The summed E-state index contributed by atoms with van der Waals surface area (Å²) in [7, 11) is 0. The van der Waals surface area contributed by atoms with E-state index in [9.17, 15) is 0 Å². The Bertz CT molecular complexity index is 935. The van der Waals surface area contributed by atoms with Crippen molar-refractivity contribution in [2.75, 3.05) is 0 Å². The first-order chi connectivity index (χ1) is 13.7. The average molecular weight is 391 g/mol. The number of hydrogen-bond donors (Lipinski definition) is 0. The second kappa shape index (κ2) is 10.4. The molecule has 1 heterocycles. The number of nitrogens with zero attached hydrogens (tertiary/aromatic N) is 2. The zero-order valence-electron chi connectivity index (χ0n) is 16.0. The van der Waals surface area contributed by atoms with Crippen molar-refractivity contribution < 1.29 is 9.47 Å². The summed E-state index contributed by atoms with van der Waals surface area (Å²) in [5.74, 6) is 3.92. The smallest absolute Gasteiger partial charge is 0.276 e. The molecule has 0 bridgehead atoms. The number of ether oxygens (including phenoxy) is 2. The molecule has 3 rings (SSSR count). The predicted octanol–water partition coefficient (Wildman–Crippen LogP) is 5.09. The highest BCUT2D eigenvalue weighted by molar-refractivity contribution is 8.04. The minimum Gasteiger partial charge on any atom is -0.483 e. The minimum absolute atomic E-state index is 0.363. The van der Waals surface area contributed by atoms with Gasteiger partial charge in [-0.05, 0) is 22.3 Å². The van der Waals surface area contributed by atoms with Crippen LogP contribution in [0.25, 0.3) is 0 Å². The molecule has 0 spiro atoms. The first-order valence-electron chi connectivity index (χ1n) is 9.08. The lowest BCUT2D eigenvalue weighted by atomic mass is 10.2. The van der Waals surface area contributed by atoms with Gasteiger partial charge >= 0.3 is 0 Å². The SMILES string of the molecule is CC(C)SC#Cc1cc(OCc2ccccc2)c(OCc2ccccc2)nn1. The topological polar surface area (TPSA) is 44.2 Å². The van der Waals surface area contributed by atoms with Gasteiger partial charge in [0.05, 0.1) is 0 Å². The molecule has 0 atom stereocenters. The summed E-state index contributed by atoms with van der Waals surface area (Å²) in [5.41, 5.74) is 2.68. The summed E-state index contributed by atoms with van der Waals surface area (Å²) in [6.45, 7) is 5.01. The molecular formula is C23H22N2O2S. The molecule has 0 saturated carbocycles. The molecule has 0 amide bonds. The van der Waals surface area contributed by atoms with E-state index in [2.05, 4.69) is 35.2 Å². The molecule has 0 fully saturated rings. The monoisotopic (exact) mass is 390 g/mol. The summed E-state index contributed by atoms with van der Waals surface area (Å²) >= 11 is 1.55. The average Bonchev–Trinajstić information content (AvgIpc) is 2.73. The fraction of sp³-hybridized carbons (Fsp3) is 0.217. The van der Waals surface area contributed by atoms with Gasteiger partial charge in [0.2, 0.25) is 0 Å². The lowest BCUT2D eigenvalue weighted by Gasteiger charge is -2.11. The molecule has 142 valence electrons. The van der Waals surface area contributed by atoms with Gasteiger partial charge in [-0.15, -0.1) is 10.2 Å². The van der Waals surface area contributed by atoms with Crippen LogP contribution in [0.1, 0.15) is 30.7 Å². The standard InChI is InChI=1S/C23H22N2O2S/c1-18(2)28-14-13-21-15-22(26-16-19-9-5-3-6-10-19)23(25-24-21)27-17-20-11-7-4-8-12-20/h3-12,15,18H,16-17H2,1-2H3. The third-order valence-electron chi connectivity index (χ3n) is 3.66. The lowest BCUT2D eigenvalue weighted by Crippen LogP contribution is -2.04. The zero-order chi connectivity index (χ0) is 19.6. The summed E-state index contributed by atoms with van der Waals surface area (Å²) in [6, 6.07) is 21.7. The number of aromatic nitrogens is 2. The first kappa shape index (κ1) is 19.8. The molecule has 28 heavy (non-hydrogen) atoms. The van der Waals surface area contributed by atoms with Crippen molar-refractivity contribution in [3.05, 3.63) is 83.6 Å². The first-order valence-corrected chi connectivity index (χ1v) is 9.96. The molecule has 0 saturated heterocycles. The molecule has 0 aliphatic rings. The van der Waals surface area contributed by atoms with Crippen LogP contribution in [-0.2, 0) is 13.2 Å².